The van der Waals surface area contributed by atoms with Crippen molar-refractivity contribution >= 4 is 34.6 Å². The van der Waals surface area contributed by atoms with Gasteiger partial charge in [0.15, 0.2) is 0 Å². The molecule has 5 rings (SSSR count). The predicted molar refractivity (Wildman–Crippen MR) is 149 cm³/mol. The summed E-state index contributed by atoms with van der Waals surface area (Å²) in [5.74, 6) is -0.302. The Morgan fingerprint density at radius 3 is 2.08 bits per heavy atom. The molecule has 1 aliphatic rings. The van der Waals surface area contributed by atoms with Crippen molar-refractivity contribution in [2.24, 2.45) is 0 Å². The molecule has 0 saturated heterocycles. The summed E-state index contributed by atoms with van der Waals surface area (Å²) >= 11 is 0. The molecule has 1 aliphatic carbocycles. The largest absolute Gasteiger partial charge is 0.416 e. The molecule has 10 heteroatoms. The van der Waals surface area contributed by atoms with Crippen LogP contribution in [-0.2, 0) is 11.0 Å². The van der Waals surface area contributed by atoms with Crippen LogP contribution in [0.2, 0.25) is 0 Å². The molecule has 40 heavy (non-hydrogen) atoms. The fourth-order valence-electron chi connectivity index (χ4n) is 4.44. The van der Waals surface area contributed by atoms with E-state index >= 15 is 0 Å². The number of fused-ring (bicyclic) bond motifs is 3. The zero-order valence-electron chi connectivity index (χ0n) is 21.0. The van der Waals surface area contributed by atoms with Crippen molar-refractivity contribution in [2.75, 3.05) is 29.5 Å². The van der Waals surface area contributed by atoms with Gasteiger partial charge in [-0.25, -0.2) is 4.98 Å². The monoisotopic (exact) mass is 543 g/mol. The number of benzene rings is 3. The summed E-state index contributed by atoms with van der Waals surface area (Å²) in [7, 11) is 0. The minimum atomic E-state index is -4.53. The van der Waals surface area contributed by atoms with Crippen LogP contribution >= 0.6 is 0 Å². The van der Waals surface area contributed by atoms with Crippen LogP contribution in [-0.4, -0.2) is 29.9 Å². The van der Waals surface area contributed by atoms with Gasteiger partial charge in [-0.15, -0.1) is 0 Å². The van der Waals surface area contributed by atoms with Crippen LogP contribution in [0, 0.1) is 0 Å². The maximum atomic E-state index is 12.8. The van der Waals surface area contributed by atoms with Crippen LogP contribution in [0.5, 0.6) is 0 Å². The number of carbonyl (C=O) groups excluding carboxylic acids is 2. The van der Waals surface area contributed by atoms with E-state index in [2.05, 4.69) is 20.9 Å². The Kier molecular flexibility index (Phi) is 7.24. The second kappa shape index (κ2) is 10.9. The number of rotatable bonds is 7. The second-order valence-corrected chi connectivity index (χ2v) is 9.05. The second-order valence-electron chi connectivity index (χ2n) is 9.05. The maximum Gasteiger partial charge on any atom is 0.416 e. The first-order valence-electron chi connectivity index (χ1n) is 12.4. The Morgan fingerprint density at radius 1 is 0.850 bits per heavy atom. The molecule has 1 heterocycles. The summed E-state index contributed by atoms with van der Waals surface area (Å²) in [6, 6.07) is 21.8. The van der Waals surface area contributed by atoms with Crippen molar-refractivity contribution in [3.8, 4) is 11.1 Å². The van der Waals surface area contributed by atoms with Crippen LogP contribution in [0.3, 0.4) is 0 Å². The summed E-state index contributed by atoms with van der Waals surface area (Å²) in [5.41, 5.74) is 9.95. The number of hydrogen-bond donors (Lipinski definition) is 4. The highest BCUT2D eigenvalue weighted by Gasteiger charge is 2.31. The number of alkyl halides is 3. The molecule has 0 fully saturated rings. The molecule has 5 N–H and O–H groups in total. The fourth-order valence-corrected chi connectivity index (χ4v) is 4.44. The molecule has 0 bridgehead atoms. The lowest BCUT2D eigenvalue weighted by Gasteiger charge is -2.12. The van der Waals surface area contributed by atoms with Crippen LogP contribution in [0.15, 0.2) is 91.1 Å². The number of nitrogens with zero attached hydrogens (tertiary/aromatic N) is 1. The van der Waals surface area contributed by atoms with Gasteiger partial charge in [-0.2, -0.15) is 13.2 Å². The molecule has 0 spiro atoms. The zero-order chi connectivity index (χ0) is 28.3. The standard InChI is InChI=1S/C30H24F3N5O2/c31-30(32,33)19-10-11-26(25(34)15-19)38-29(40)18-9-12-27(37-17-18)35-13-14-36-28(39)16-24-22-7-3-1-5-20(22)21-6-2-4-8-23(21)24/h1-12,15-17H,13-14,34H2,(H,35,37)(H,36,39)(H,38,40). The quantitative estimate of drug-likeness (QED) is 0.122. The molecule has 4 aromatic rings. The predicted octanol–water partition coefficient (Wildman–Crippen LogP) is 5.58. The summed E-state index contributed by atoms with van der Waals surface area (Å²) in [6.07, 6.45) is -1.59. The van der Waals surface area contributed by atoms with Gasteiger partial charge in [0, 0.05) is 25.4 Å². The number of nitrogens with one attached hydrogen (secondary N) is 3. The number of halogens is 3. The molecule has 7 nitrogen and oxygen atoms in total. The molecule has 0 aliphatic heterocycles. The van der Waals surface area contributed by atoms with E-state index in [4.69, 9.17) is 5.73 Å². The van der Waals surface area contributed by atoms with E-state index in [1.807, 2.05) is 48.5 Å². The van der Waals surface area contributed by atoms with E-state index in [9.17, 15) is 22.8 Å². The fraction of sp³-hybridized carbons (Fsp3) is 0.100. The van der Waals surface area contributed by atoms with Gasteiger partial charge in [0.05, 0.1) is 22.5 Å². The summed E-state index contributed by atoms with van der Waals surface area (Å²) in [5, 5.41) is 8.42. The van der Waals surface area contributed by atoms with Gasteiger partial charge in [0.2, 0.25) is 5.91 Å². The highest BCUT2D eigenvalue weighted by atomic mass is 19.4. The number of pyridine rings is 1. The van der Waals surface area contributed by atoms with Crippen LogP contribution in [0.25, 0.3) is 16.7 Å². The lowest BCUT2D eigenvalue weighted by molar-refractivity contribution is -0.137. The third-order valence-electron chi connectivity index (χ3n) is 6.38. The number of carbonyl (C=O) groups is 2. The highest BCUT2D eigenvalue weighted by molar-refractivity contribution is 6.08. The first-order chi connectivity index (χ1) is 19.2. The van der Waals surface area contributed by atoms with E-state index in [1.54, 1.807) is 12.1 Å². The number of anilines is 3. The van der Waals surface area contributed by atoms with Crippen LogP contribution in [0.4, 0.5) is 30.4 Å². The normalized spacial score (nSPS) is 11.8. The Bertz CT molecular complexity index is 1570. The number of nitrogens with two attached hydrogens (primary N) is 1. The Labute approximate surface area is 227 Å². The Morgan fingerprint density at radius 2 is 1.50 bits per heavy atom. The highest BCUT2D eigenvalue weighted by Crippen LogP contribution is 2.43. The van der Waals surface area contributed by atoms with Gasteiger partial charge < -0.3 is 21.7 Å². The average Bonchev–Trinajstić information content (AvgIpc) is 3.25. The lowest BCUT2D eigenvalue weighted by atomic mass is 10.0. The van der Waals surface area contributed by atoms with Crippen molar-refractivity contribution in [2.45, 2.75) is 6.18 Å². The SMILES string of the molecule is Nc1cc(C(F)(F)F)ccc1NC(=O)c1ccc(NCCNC(=O)C=C2c3ccccc3-c3ccccc32)nc1. The molecular formula is C30H24F3N5O2. The molecule has 2 amide bonds. The van der Waals surface area contributed by atoms with E-state index < -0.39 is 17.6 Å². The van der Waals surface area contributed by atoms with Gasteiger partial charge in [-0.1, -0.05) is 48.5 Å². The zero-order valence-corrected chi connectivity index (χ0v) is 21.0. The van der Waals surface area contributed by atoms with Crippen molar-refractivity contribution in [3.63, 3.8) is 0 Å². The van der Waals surface area contributed by atoms with Gasteiger partial charge >= 0.3 is 6.18 Å². The van der Waals surface area contributed by atoms with E-state index in [-0.39, 0.29) is 22.8 Å². The minimum Gasteiger partial charge on any atom is -0.397 e. The number of hydrogen-bond acceptors (Lipinski definition) is 5. The van der Waals surface area contributed by atoms with Crippen molar-refractivity contribution in [1.82, 2.24) is 10.3 Å². The summed E-state index contributed by atoms with van der Waals surface area (Å²) < 4.78 is 38.4. The molecule has 1 aromatic heterocycles. The van der Waals surface area contributed by atoms with Crippen molar-refractivity contribution in [1.29, 1.82) is 0 Å². The van der Waals surface area contributed by atoms with E-state index in [0.717, 1.165) is 46.0 Å². The smallest absolute Gasteiger partial charge is 0.397 e. The first-order valence-corrected chi connectivity index (χ1v) is 12.4. The molecule has 0 saturated carbocycles. The number of amides is 2. The van der Waals surface area contributed by atoms with Crippen LogP contribution < -0.4 is 21.7 Å². The molecule has 3 aromatic carbocycles. The van der Waals surface area contributed by atoms with Crippen LogP contribution in [0.1, 0.15) is 27.0 Å². The lowest BCUT2D eigenvalue weighted by Crippen LogP contribution is -2.27. The Balaban J connectivity index is 1.13. The molecule has 0 unspecified atom stereocenters. The van der Waals surface area contributed by atoms with Gasteiger partial charge in [0.25, 0.3) is 5.91 Å². The Hall–Kier alpha value is -5.12. The topological polar surface area (TPSA) is 109 Å². The van der Waals surface area contributed by atoms with Gasteiger partial charge in [0.1, 0.15) is 5.82 Å². The molecule has 0 radical (unpaired) electrons. The molecule has 202 valence electrons. The number of aromatic nitrogens is 1. The van der Waals surface area contributed by atoms with Crippen molar-refractivity contribution < 1.29 is 22.8 Å². The summed E-state index contributed by atoms with van der Waals surface area (Å²) in [4.78, 5) is 29.3. The third-order valence-corrected chi connectivity index (χ3v) is 6.38. The van der Waals surface area contributed by atoms with Crippen molar-refractivity contribution in [3.05, 3.63) is 113 Å². The van der Waals surface area contributed by atoms with E-state index in [0.29, 0.717) is 18.9 Å². The third kappa shape index (κ3) is 5.65. The average molecular weight is 544 g/mol. The van der Waals surface area contributed by atoms with E-state index in [1.165, 1.54) is 12.3 Å². The minimum absolute atomic E-state index is 0.0653. The maximum absolute atomic E-state index is 12.8. The first kappa shape index (κ1) is 26.5. The molecule has 0 atom stereocenters. The summed E-state index contributed by atoms with van der Waals surface area (Å²) in [6.45, 7) is 0.728. The molecular weight excluding hydrogens is 519 g/mol. The van der Waals surface area contributed by atoms with Gasteiger partial charge in [-0.05, 0) is 58.2 Å². The number of nitrogen functional groups attached to an aromatic ring is 1. The van der Waals surface area contributed by atoms with Gasteiger partial charge in [-0.3, -0.25) is 9.59 Å².